The van der Waals surface area contributed by atoms with Crippen LogP contribution >= 0.6 is 0 Å². The molecule has 2 heterocycles. The van der Waals surface area contributed by atoms with E-state index in [2.05, 4.69) is 0 Å². The normalized spacial score (nSPS) is 14.0. The van der Waals surface area contributed by atoms with Gasteiger partial charge in [0.05, 0.1) is 12.3 Å². The molecule has 8 nitrogen and oxygen atoms in total. The van der Waals surface area contributed by atoms with Crippen molar-refractivity contribution in [3.63, 3.8) is 0 Å². The third kappa shape index (κ3) is 4.85. The van der Waals surface area contributed by atoms with E-state index >= 15 is 0 Å². The Morgan fingerprint density at radius 3 is 2.07 bits per heavy atom. The maximum atomic E-state index is 11.0. The Morgan fingerprint density at radius 2 is 1.46 bits per heavy atom. The number of fused-ring (bicyclic) bond motifs is 2. The van der Waals surface area contributed by atoms with Gasteiger partial charge in [0, 0.05) is 0 Å². The molecule has 0 radical (unpaired) electrons. The van der Waals surface area contributed by atoms with E-state index in [1.807, 2.05) is 25.1 Å². The van der Waals surface area contributed by atoms with Crippen LogP contribution in [0, 0.1) is 12.8 Å². The highest BCUT2D eigenvalue weighted by Crippen LogP contribution is 2.33. The summed E-state index contributed by atoms with van der Waals surface area (Å²) in [6, 6.07) is 11.0. The molecule has 28 heavy (non-hydrogen) atoms. The maximum absolute atomic E-state index is 11.0. The quantitative estimate of drug-likeness (QED) is 0.804. The molecule has 1 atom stereocenters. The molecule has 8 heteroatoms. The van der Waals surface area contributed by atoms with E-state index in [0.717, 1.165) is 11.5 Å². The molecule has 0 saturated heterocycles. The zero-order chi connectivity index (χ0) is 20.1. The highest BCUT2D eigenvalue weighted by molar-refractivity contribution is 5.78. The van der Waals surface area contributed by atoms with Crippen molar-refractivity contribution in [3.8, 4) is 23.0 Å². The van der Waals surface area contributed by atoms with E-state index in [1.54, 1.807) is 18.2 Å². The fraction of sp³-hybridized carbons (Fsp3) is 0.300. The number of aryl methyl sites for hydroxylation is 1. The van der Waals surface area contributed by atoms with Crippen molar-refractivity contribution >= 4 is 11.9 Å². The van der Waals surface area contributed by atoms with Gasteiger partial charge in [0.25, 0.3) is 0 Å². The molecule has 2 aliphatic rings. The second-order valence-electron chi connectivity index (χ2n) is 6.38. The smallest absolute Gasteiger partial charge is 0.307 e. The van der Waals surface area contributed by atoms with Crippen LogP contribution in [0.4, 0.5) is 0 Å². The van der Waals surface area contributed by atoms with Gasteiger partial charge in [-0.25, -0.2) is 0 Å². The summed E-state index contributed by atoms with van der Waals surface area (Å²) in [4.78, 5) is 21.5. The maximum Gasteiger partial charge on any atom is 0.307 e. The molecule has 0 aliphatic carbocycles. The van der Waals surface area contributed by atoms with Crippen LogP contribution in [0.5, 0.6) is 23.0 Å². The first-order chi connectivity index (χ1) is 13.4. The molecule has 2 aromatic carbocycles. The van der Waals surface area contributed by atoms with Gasteiger partial charge >= 0.3 is 11.9 Å². The van der Waals surface area contributed by atoms with E-state index in [9.17, 15) is 9.59 Å². The Morgan fingerprint density at radius 1 is 0.893 bits per heavy atom. The Labute approximate surface area is 161 Å². The molecule has 148 valence electrons. The predicted molar refractivity (Wildman–Crippen MR) is 96.9 cm³/mol. The lowest BCUT2D eigenvalue weighted by atomic mass is 9.96. The molecule has 0 aromatic heterocycles. The highest BCUT2D eigenvalue weighted by Gasteiger charge is 2.22. The Hall–Kier alpha value is -3.42. The van der Waals surface area contributed by atoms with Gasteiger partial charge in [0.15, 0.2) is 23.0 Å². The number of carboxylic acid groups (broad SMARTS) is 2. The van der Waals surface area contributed by atoms with Crippen molar-refractivity contribution in [1.82, 2.24) is 0 Å². The van der Waals surface area contributed by atoms with Gasteiger partial charge in [-0.15, -0.1) is 0 Å². The molecule has 2 N–H and O–H groups in total. The first kappa shape index (κ1) is 19.3. The van der Waals surface area contributed by atoms with Gasteiger partial charge in [-0.2, -0.15) is 0 Å². The molecule has 2 aliphatic heterocycles. The summed E-state index contributed by atoms with van der Waals surface area (Å²) in [6.45, 7) is 2.54. The summed E-state index contributed by atoms with van der Waals surface area (Å²) in [5.74, 6) is -0.289. The topological polar surface area (TPSA) is 112 Å². The van der Waals surface area contributed by atoms with Crippen LogP contribution in [0.25, 0.3) is 0 Å². The molecule has 0 bridgehead atoms. The van der Waals surface area contributed by atoms with Gasteiger partial charge < -0.3 is 29.2 Å². The minimum Gasteiger partial charge on any atom is -0.481 e. The van der Waals surface area contributed by atoms with Gasteiger partial charge in [-0.1, -0.05) is 12.1 Å². The molecule has 4 rings (SSSR count). The molecule has 0 saturated carbocycles. The van der Waals surface area contributed by atoms with E-state index in [1.165, 1.54) is 5.56 Å². The molecule has 2 aromatic rings. The number of carbonyl (C=O) groups is 2. The lowest BCUT2D eigenvalue weighted by molar-refractivity contribution is -0.148. The van der Waals surface area contributed by atoms with Gasteiger partial charge in [-0.05, 0) is 48.7 Å². The van der Waals surface area contributed by atoms with Gasteiger partial charge in [0.1, 0.15) is 0 Å². The van der Waals surface area contributed by atoms with Gasteiger partial charge in [0.2, 0.25) is 13.6 Å². The second-order valence-corrected chi connectivity index (χ2v) is 6.38. The van der Waals surface area contributed by atoms with E-state index < -0.39 is 24.3 Å². The summed E-state index contributed by atoms with van der Waals surface area (Å²) in [5, 5.41) is 17.6. The largest absolute Gasteiger partial charge is 0.481 e. The van der Waals surface area contributed by atoms with Crippen LogP contribution < -0.4 is 18.9 Å². The number of rotatable bonds is 5. The molecule has 0 unspecified atom stereocenters. The van der Waals surface area contributed by atoms with Crippen LogP contribution in [0.1, 0.15) is 17.5 Å². The SMILES string of the molecule is Cc1ccc2c(c1)OCO2.O=C(O)C[C@H](Cc1ccc2c(c1)OCO2)C(=O)O. The summed E-state index contributed by atoms with van der Waals surface area (Å²) < 4.78 is 20.6. The van der Waals surface area contributed by atoms with Crippen molar-refractivity contribution in [2.24, 2.45) is 5.92 Å². The lowest BCUT2D eigenvalue weighted by Gasteiger charge is -2.10. The zero-order valence-electron chi connectivity index (χ0n) is 15.2. The monoisotopic (exact) mass is 388 g/mol. The van der Waals surface area contributed by atoms with Crippen molar-refractivity contribution in [3.05, 3.63) is 47.5 Å². The first-order valence-corrected chi connectivity index (χ1v) is 8.62. The molecular weight excluding hydrogens is 368 g/mol. The van der Waals surface area contributed by atoms with Crippen LogP contribution in [0.15, 0.2) is 36.4 Å². The van der Waals surface area contributed by atoms with Crippen LogP contribution in [0.2, 0.25) is 0 Å². The summed E-state index contributed by atoms with van der Waals surface area (Å²) >= 11 is 0. The summed E-state index contributed by atoms with van der Waals surface area (Å²) in [5.41, 5.74) is 1.91. The molecule has 0 amide bonds. The fourth-order valence-electron chi connectivity index (χ4n) is 2.81. The van der Waals surface area contributed by atoms with Crippen LogP contribution in [-0.2, 0) is 16.0 Å². The third-order valence-corrected chi connectivity index (χ3v) is 4.22. The minimum atomic E-state index is -1.12. The van der Waals surface area contributed by atoms with Crippen molar-refractivity contribution in [2.75, 3.05) is 13.6 Å². The van der Waals surface area contributed by atoms with Gasteiger partial charge in [-0.3, -0.25) is 9.59 Å². The average Bonchev–Trinajstić information content (AvgIpc) is 3.29. The number of benzene rings is 2. The number of hydrogen-bond donors (Lipinski definition) is 2. The summed E-state index contributed by atoms with van der Waals surface area (Å²) in [6.07, 6.45) is -0.248. The van der Waals surface area contributed by atoms with Crippen molar-refractivity contribution in [2.45, 2.75) is 19.8 Å². The van der Waals surface area contributed by atoms with Crippen LogP contribution in [0.3, 0.4) is 0 Å². The van der Waals surface area contributed by atoms with E-state index in [-0.39, 0.29) is 13.2 Å². The highest BCUT2D eigenvalue weighted by atomic mass is 16.7. The predicted octanol–water partition coefficient (Wildman–Crippen LogP) is 2.86. The van der Waals surface area contributed by atoms with Crippen molar-refractivity contribution < 1.29 is 38.7 Å². The average molecular weight is 388 g/mol. The molecular formula is C20H20O8. The Kier molecular flexibility index (Phi) is 5.88. The van der Waals surface area contributed by atoms with Crippen LogP contribution in [-0.4, -0.2) is 35.7 Å². The standard InChI is InChI=1S/C12H12O6.C8H8O2/c13-11(14)5-8(12(15)16)3-7-1-2-9-10(4-7)18-6-17-9;1-6-2-3-7-8(4-6)10-5-9-7/h1-2,4,8H,3,5-6H2,(H,13,14)(H,15,16);2-4H,5H2,1H3/t8-;/m0./s1. The summed E-state index contributed by atoms with van der Waals surface area (Å²) in [7, 11) is 0. The number of aliphatic carboxylic acids is 2. The number of ether oxygens (including phenoxy) is 4. The first-order valence-electron chi connectivity index (χ1n) is 8.62. The van der Waals surface area contributed by atoms with Crippen molar-refractivity contribution in [1.29, 1.82) is 0 Å². The lowest BCUT2D eigenvalue weighted by Crippen LogP contribution is -2.20. The molecule has 0 spiro atoms. The Balaban J connectivity index is 0.000000188. The van der Waals surface area contributed by atoms with E-state index in [0.29, 0.717) is 23.9 Å². The Bertz CT molecular complexity index is 877. The third-order valence-electron chi connectivity index (χ3n) is 4.22. The zero-order valence-corrected chi connectivity index (χ0v) is 15.2. The fourth-order valence-corrected chi connectivity index (χ4v) is 2.81. The van der Waals surface area contributed by atoms with E-state index in [4.69, 9.17) is 29.2 Å². The molecule has 0 fully saturated rings. The minimum absolute atomic E-state index is 0.149. The number of hydrogen-bond acceptors (Lipinski definition) is 6. The second kappa shape index (κ2) is 8.51. The number of carboxylic acids is 2.